The number of rotatable bonds is 3. The van der Waals surface area contributed by atoms with Crippen LogP contribution in [0.3, 0.4) is 0 Å². The van der Waals surface area contributed by atoms with Crippen LogP contribution in [-0.2, 0) is 9.84 Å². The van der Waals surface area contributed by atoms with E-state index in [0.717, 1.165) is 5.56 Å². The summed E-state index contributed by atoms with van der Waals surface area (Å²) in [6.45, 7) is 1.69. The molecule has 2 aromatic carbocycles. The van der Waals surface area contributed by atoms with Gasteiger partial charge < -0.3 is 5.73 Å². The number of nitrogen functional groups attached to an aromatic ring is 1. The summed E-state index contributed by atoms with van der Waals surface area (Å²) in [7, 11) is -3.44. The second-order valence-corrected chi connectivity index (χ2v) is 7.38. The summed E-state index contributed by atoms with van der Waals surface area (Å²) >= 11 is 3.26. The maximum atomic E-state index is 12.6. The van der Waals surface area contributed by atoms with Gasteiger partial charge >= 0.3 is 0 Å². The Balaban J connectivity index is 2.48. The number of sulfone groups is 1. The molecule has 3 nitrogen and oxygen atoms in total. The summed E-state index contributed by atoms with van der Waals surface area (Å²) in [5.74, 6) is 0. The van der Waals surface area contributed by atoms with E-state index in [9.17, 15) is 8.42 Å². The van der Waals surface area contributed by atoms with E-state index in [4.69, 9.17) is 5.73 Å². The van der Waals surface area contributed by atoms with E-state index < -0.39 is 15.1 Å². The molecule has 0 amide bonds. The van der Waals surface area contributed by atoms with Crippen molar-refractivity contribution in [3.8, 4) is 0 Å². The monoisotopic (exact) mass is 339 g/mol. The lowest BCUT2D eigenvalue weighted by Crippen LogP contribution is -2.11. The predicted molar refractivity (Wildman–Crippen MR) is 80.6 cm³/mol. The fourth-order valence-electron chi connectivity index (χ4n) is 1.84. The highest BCUT2D eigenvalue weighted by molar-refractivity contribution is 9.10. The van der Waals surface area contributed by atoms with Crippen LogP contribution in [-0.4, -0.2) is 8.42 Å². The average molecular weight is 340 g/mol. The summed E-state index contributed by atoms with van der Waals surface area (Å²) in [6, 6.07) is 13.9. The van der Waals surface area contributed by atoms with Gasteiger partial charge in [0.15, 0.2) is 9.84 Å². The minimum atomic E-state index is -3.44. The minimum Gasteiger partial charge on any atom is -0.399 e. The van der Waals surface area contributed by atoms with Gasteiger partial charge in [0.05, 0.1) is 10.1 Å². The second-order valence-electron chi connectivity index (χ2n) is 4.29. The Morgan fingerprint density at radius 1 is 1.11 bits per heavy atom. The molecule has 0 radical (unpaired) electrons. The van der Waals surface area contributed by atoms with Gasteiger partial charge in [0.25, 0.3) is 0 Å². The molecule has 0 saturated heterocycles. The average Bonchev–Trinajstić information content (AvgIpc) is 2.38. The van der Waals surface area contributed by atoms with E-state index in [1.807, 2.05) is 30.3 Å². The van der Waals surface area contributed by atoms with E-state index in [-0.39, 0.29) is 4.90 Å². The normalized spacial score (nSPS) is 13.2. The van der Waals surface area contributed by atoms with Crippen LogP contribution >= 0.6 is 15.9 Å². The molecule has 0 heterocycles. The predicted octanol–water partition coefficient (Wildman–Crippen LogP) is 3.57. The Morgan fingerprint density at radius 2 is 1.74 bits per heavy atom. The lowest BCUT2D eigenvalue weighted by Gasteiger charge is -2.14. The second kappa shape index (κ2) is 5.35. The van der Waals surface area contributed by atoms with Crippen molar-refractivity contribution in [3.63, 3.8) is 0 Å². The molecule has 2 N–H and O–H groups in total. The van der Waals surface area contributed by atoms with Crippen LogP contribution in [0.5, 0.6) is 0 Å². The van der Waals surface area contributed by atoms with Crippen molar-refractivity contribution in [2.24, 2.45) is 0 Å². The Labute approximate surface area is 121 Å². The van der Waals surface area contributed by atoms with E-state index in [1.165, 1.54) is 6.07 Å². The zero-order chi connectivity index (χ0) is 14.0. The van der Waals surface area contributed by atoms with E-state index in [2.05, 4.69) is 15.9 Å². The lowest BCUT2D eigenvalue weighted by atomic mass is 10.2. The number of halogens is 1. The topological polar surface area (TPSA) is 60.2 Å². The van der Waals surface area contributed by atoms with Crippen molar-refractivity contribution < 1.29 is 8.42 Å². The fourth-order valence-corrected chi connectivity index (χ4v) is 4.40. The summed E-state index contributed by atoms with van der Waals surface area (Å²) in [5.41, 5.74) is 6.93. The Bertz CT molecular complexity index is 684. The molecule has 2 aromatic rings. The Morgan fingerprint density at radius 3 is 2.32 bits per heavy atom. The number of hydrogen-bond acceptors (Lipinski definition) is 3. The van der Waals surface area contributed by atoms with E-state index in [1.54, 1.807) is 19.1 Å². The van der Waals surface area contributed by atoms with Crippen molar-refractivity contribution >= 4 is 31.5 Å². The lowest BCUT2D eigenvalue weighted by molar-refractivity contribution is 0.585. The number of hydrogen-bond donors (Lipinski definition) is 1. The van der Waals surface area contributed by atoms with Gasteiger partial charge in [-0.05, 0) is 46.6 Å². The number of nitrogens with two attached hydrogens (primary N) is 1. The summed E-state index contributed by atoms with van der Waals surface area (Å²) in [5, 5.41) is -0.603. The van der Waals surface area contributed by atoms with E-state index >= 15 is 0 Å². The van der Waals surface area contributed by atoms with Crippen LogP contribution in [0.2, 0.25) is 0 Å². The number of anilines is 1. The van der Waals surface area contributed by atoms with Crippen LogP contribution < -0.4 is 5.73 Å². The first-order valence-electron chi connectivity index (χ1n) is 5.77. The molecule has 1 unspecified atom stereocenters. The maximum absolute atomic E-state index is 12.6. The summed E-state index contributed by atoms with van der Waals surface area (Å²) < 4.78 is 25.7. The summed E-state index contributed by atoms with van der Waals surface area (Å²) in [6.07, 6.45) is 0. The smallest absolute Gasteiger partial charge is 0.186 e. The molecule has 0 aromatic heterocycles. The van der Waals surface area contributed by atoms with Gasteiger partial charge in [-0.15, -0.1) is 0 Å². The van der Waals surface area contributed by atoms with Crippen LogP contribution in [0.4, 0.5) is 5.69 Å². The van der Waals surface area contributed by atoms with Crippen LogP contribution in [0.15, 0.2) is 57.9 Å². The molecular formula is C14H14BrNO2S. The third-order valence-corrected chi connectivity index (χ3v) is 6.09. The number of benzene rings is 2. The fraction of sp³-hybridized carbons (Fsp3) is 0.143. The van der Waals surface area contributed by atoms with Gasteiger partial charge in [-0.3, -0.25) is 0 Å². The van der Waals surface area contributed by atoms with Crippen molar-refractivity contribution in [3.05, 3.63) is 58.6 Å². The first-order chi connectivity index (χ1) is 8.93. The molecule has 0 fully saturated rings. The largest absolute Gasteiger partial charge is 0.399 e. The third-order valence-electron chi connectivity index (χ3n) is 3.00. The molecule has 100 valence electrons. The van der Waals surface area contributed by atoms with Crippen molar-refractivity contribution in [1.82, 2.24) is 0 Å². The van der Waals surface area contributed by atoms with Crippen LogP contribution in [0.1, 0.15) is 17.7 Å². The first kappa shape index (κ1) is 14.1. The van der Waals surface area contributed by atoms with Crippen molar-refractivity contribution in [2.75, 3.05) is 5.73 Å². The molecule has 1 atom stereocenters. The molecule has 19 heavy (non-hydrogen) atoms. The molecule has 2 rings (SSSR count). The highest BCUT2D eigenvalue weighted by Gasteiger charge is 2.26. The van der Waals surface area contributed by atoms with Gasteiger partial charge in [0, 0.05) is 10.2 Å². The molecule has 0 aliphatic rings. The molecule has 0 spiro atoms. The van der Waals surface area contributed by atoms with Gasteiger partial charge in [0.1, 0.15) is 0 Å². The van der Waals surface area contributed by atoms with Gasteiger partial charge in [-0.2, -0.15) is 0 Å². The van der Waals surface area contributed by atoms with Gasteiger partial charge in [-0.1, -0.05) is 30.3 Å². The maximum Gasteiger partial charge on any atom is 0.186 e. The SMILES string of the molecule is CC(c1ccccc1)S(=O)(=O)c1ccc(N)cc1Br. The molecule has 0 saturated carbocycles. The summed E-state index contributed by atoms with van der Waals surface area (Å²) in [4.78, 5) is 0.262. The van der Waals surface area contributed by atoms with E-state index in [0.29, 0.717) is 10.2 Å². The zero-order valence-electron chi connectivity index (χ0n) is 10.4. The van der Waals surface area contributed by atoms with Gasteiger partial charge in [-0.25, -0.2) is 8.42 Å². The van der Waals surface area contributed by atoms with Crippen LogP contribution in [0, 0.1) is 0 Å². The molecular weight excluding hydrogens is 326 g/mol. The minimum absolute atomic E-state index is 0.262. The molecule has 0 aliphatic heterocycles. The highest BCUT2D eigenvalue weighted by atomic mass is 79.9. The van der Waals surface area contributed by atoms with Crippen molar-refractivity contribution in [2.45, 2.75) is 17.1 Å². The Kier molecular flexibility index (Phi) is 3.96. The molecule has 0 aliphatic carbocycles. The highest BCUT2D eigenvalue weighted by Crippen LogP contribution is 2.33. The Hall–Kier alpha value is -1.33. The van der Waals surface area contributed by atoms with Crippen molar-refractivity contribution in [1.29, 1.82) is 0 Å². The zero-order valence-corrected chi connectivity index (χ0v) is 12.8. The molecule has 5 heteroatoms. The molecule has 0 bridgehead atoms. The quantitative estimate of drug-likeness (QED) is 0.869. The van der Waals surface area contributed by atoms with Gasteiger partial charge in [0.2, 0.25) is 0 Å². The standard InChI is InChI=1S/C14H14BrNO2S/c1-10(11-5-3-2-4-6-11)19(17,18)14-8-7-12(16)9-13(14)15/h2-10H,16H2,1H3. The first-order valence-corrected chi connectivity index (χ1v) is 8.10. The third kappa shape index (κ3) is 2.82. The van der Waals surface area contributed by atoms with Crippen LogP contribution in [0.25, 0.3) is 0 Å².